The predicted octanol–water partition coefficient (Wildman–Crippen LogP) is 3.23. The Morgan fingerprint density at radius 1 is 1.12 bits per heavy atom. The van der Waals surface area contributed by atoms with Gasteiger partial charge < -0.3 is 16.0 Å². The summed E-state index contributed by atoms with van der Waals surface area (Å²) in [4.78, 5) is 27.7. The Kier molecular flexibility index (Phi) is 5.09. The fraction of sp³-hybridized carbons (Fsp3) is 0.158. The predicted molar refractivity (Wildman–Crippen MR) is 102 cm³/mol. The average molecular weight is 353 g/mol. The fourth-order valence-electron chi connectivity index (χ4n) is 2.76. The van der Waals surface area contributed by atoms with Gasteiger partial charge in [0.25, 0.3) is 0 Å². The van der Waals surface area contributed by atoms with E-state index in [4.69, 9.17) is 5.73 Å². The van der Waals surface area contributed by atoms with Gasteiger partial charge in [-0.25, -0.2) is 0 Å². The molecule has 0 aliphatic rings. The van der Waals surface area contributed by atoms with Crippen LogP contribution in [0.1, 0.15) is 11.3 Å². The number of nitrogens with one attached hydrogen (secondary N) is 2. The topological polar surface area (TPSA) is 88.0 Å². The lowest BCUT2D eigenvalue weighted by molar-refractivity contribution is -0.116. The highest BCUT2D eigenvalue weighted by Gasteiger charge is 2.14. The van der Waals surface area contributed by atoms with Crippen molar-refractivity contribution in [3.63, 3.8) is 0 Å². The van der Waals surface area contributed by atoms with Crippen LogP contribution >= 0.6 is 11.8 Å². The number of carbonyl (C=O) groups excluding carboxylic acids is 2. The van der Waals surface area contributed by atoms with Gasteiger partial charge in [0, 0.05) is 21.5 Å². The van der Waals surface area contributed by atoms with Gasteiger partial charge in [0.15, 0.2) is 0 Å². The molecule has 2 aromatic carbocycles. The van der Waals surface area contributed by atoms with E-state index in [2.05, 4.69) is 10.3 Å². The van der Waals surface area contributed by atoms with Crippen molar-refractivity contribution in [3.8, 4) is 0 Å². The number of anilines is 1. The molecule has 25 heavy (non-hydrogen) atoms. The molecular weight excluding hydrogens is 334 g/mol. The molecule has 0 saturated heterocycles. The van der Waals surface area contributed by atoms with E-state index in [1.54, 1.807) is 0 Å². The molecule has 3 aromatic rings. The molecular formula is C19H19N3O2S. The van der Waals surface area contributed by atoms with Crippen LogP contribution in [0.4, 0.5) is 5.69 Å². The van der Waals surface area contributed by atoms with Gasteiger partial charge in [0.2, 0.25) is 11.8 Å². The second-order valence-corrected chi connectivity index (χ2v) is 6.77. The third-order valence-electron chi connectivity index (χ3n) is 3.90. The quantitative estimate of drug-likeness (QED) is 0.595. The third kappa shape index (κ3) is 4.03. The SMILES string of the molecule is Cc1[nH]c2ccccc2c1CC(=O)Nc1ccccc1SCC(N)=O. The van der Waals surface area contributed by atoms with Gasteiger partial charge in [-0.1, -0.05) is 30.3 Å². The van der Waals surface area contributed by atoms with Crippen LogP contribution in [-0.4, -0.2) is 22.6 Å². The number of aromatic nitrogens is 1. The number of H-pyrrole nitrogens is 1. The Hall–Kier alpha value is -2.73. The highest BCUT2D eigenvalue weighted by atomic mass is 32.2. The Morgan fingerprint density at radius 3 is 2.64 bits per heavy atom. The normalized spacial score (nSPS) is 10.8. The van der Waals surface area contributed by atoms with Crippen molar-refractivity contribution < 1.29 is 9.59 Å². The molecule has 0 fully saturated rings. The van der Waals surface area contributed by atoms with Crippen LogP contribution in [0.25, 0.3) is 10.9 Å². The monoisotopic (exact) mass is 353 g/mol. The number of hydrogen-bond acceptors (Lipinski definition) is 3. The van der Waals surface area contributed by atoms with Crippen LogP contribution in [0.5, 0.6) is 0 Å². The Labute approximate surface area is 150 Å². The summed E-state index contributed by atoms with van der Waals surface area (Å²) in [5.74, 6) is -0.311. The number of rotatable bonds is 6. The first-order chi connectivity index (χ1) is 12.0. The number of amides is 2. The van der Waals surface area contributed by atoms with E-state index >= 15 is 0 Å². The first kappa shape index (κ1) is 17.1. The molecule has 4 N–H and O–H groups in total. The molecule has 6 heteroatoms. The van der Waals surface area contributed by atoms with Crippen LogP contribution in [0, 0.1) is 6.92 Å². The minimum atomic E-state index is -0.388. The zero-order valence-electron chi connectivity index (χ0n) is 13.8. The highest BCUT2D eigenvalue weighted by molar-refractivity contribution is 8.00. The number of benzene rings is 2. The molecule has 3 rings (SSSR count). The van der Waals surface area contributed by atoms with E-state index in [1.165, 1.54) is 11.8 Å². The van der Waals surface area contributed by atoms with Crippen LogP contribution in [0.2, 0.25) is 0 Å². The molecule has 128 valence electrons. The van der Waals surface area contributed by atoms with Crippen molar-refractivity contribution >= 4 is 40.2 Å². The summed E-state index contributed by atoms with van der Waals surface area (Å²) in [5, 5.41) is 4.00. The average Bonchev–Trinajstić information content (AvgIpc) is 2.90. The van der Waals surface area contributed by atoms with E-state index in [0.717, 1.165) is 27.1 Å². The van der Waals surface area contributed by atoms with Crippen LogP contribution in [0.3, 0.4) is 0 Å². The van der Waals surface area contributed by atoms with Crippen molar-refractivity contribution in [3.05, 3.63) is 59.8 Å². The standard InChI is InChI=1S/C19H19N3O2S/c1-12-14(13-6-2-3-7-15(13)21-12)10-19(24)22-16-8-4-5-9-17(16)25-11-18(20)23/h2-9,21H,10-11H2,1H3,(H2,20,23)(H,22,24). The zero-order chi connectivity index (χ0) is 17.8. The number of thioether (sulfide) groups is 1. The summed E-state index contributed by atoms with van der Waals surface area (Å²) >= 11 is 1.32. The van der Waals surface area contributed by atoms with Crippen molar-refractivity contribution in [1.82, 2.24) is 4.98 Å². The Bertz CT molecular complexity index is 933. The lowest BCUT2D eigenvalue weighted by Gasteiger charge is -2.10. The molecule has 0 unspecified atom stereocenters. The summed E-state index contributed by atoms with van der Waals surface area (Å²) in [7, 11) is 0. The molecule has 0 aliphatic carbocycles. The van der Waals surface area contributed by atoms with Crippen molar-refractivity contribution in [2.24, 2.45) is 5.73 Å². The summed E-state index contributed by atoms with van der Waals surface area (Å²) in [6.45, 7) is 1.97. The van der Waals surface area contributed by atoms with Crippen molar-refractivity contribution in [1.29, 1.82) is 0 Å². The van der Waals surface area contributed by atoms with Gasteiger partial charge in [0.05, 0.1) is 17.9 Å². The molecule has 0 saturated carbocycles. The van der Waals surface area contributed by atoms with E-state index < -0.39 is 0 Å². The maximum Gasteiger partial charge on any atom is 0.228 e. The number of nitrogens with two attached hydrogens (primary N) is 1. The van der Waals surface area contributed by atoms with Gasteiger partial charge >= 0.3 is 0 Å². The lowest BCUT2D eigenvalue weighted by atomic mass is 10.1. The maximum atomic E-state index is 12.5. The number of fused-ring (bicyclic) bond motifs is 1. The Morgan fingerprint density at radius 2 is 1.84 bits per heavy atom. The zero-order valence-corrected chi connectivity index (χ0v) is 14.7. The van der Waals surface area contributed by atoms with Crippen molar-refractivity contribution in [2.45, 2.75) is 18.2 Å². The lowest BCUT2D eigenvalue weighted by Crippen LogP contribution is -2.16. The first-order valence-corrected chi connectivity index (χ1v) is 8.89. The minimum Gasteiger partial charge on any atom is -0.369 e. The Balaban J connectivity index is 1.77. The number of para-hydroxylation sites is 2. The molecule has 0 spiro atoms. The summed E-state index contributed by atoms with van der Waals surface area (Å²) in [6, 6.07) is 15.3. The summed E-state index contributed by atoms with van der Waals surface area (Å²) < 4.78 is 0. The number of hydrogen-bond donors (Lipinski definition) is 3. The van der Waals surface area contributed by atoms with E-state index in [1.807, 2.05) is 55.5 Å². The smallest absolute Gasteiger partial charge is 0.228 e. The molecule has 0 radical (unpaired) electrons. The second kappa shape index (κ2) is 7.44. The largest absolute Gasteiger partial charge is 0.369 e. The number of aryl methyl sites for hydroxylation is 1. The molecule has 1 aromatic heterocycles. The molecule has 1 heterocycles. The number of primary amides is 1. The summed E-state index contributed by atoms with van der Waals surface area (Å²) in [5.41, 5.74) is 8.91. The number of carbonyl (C=O) groups is 2. The second-order valence-electron chi connectivity index (χ2n) is 5.75. The first-order valence-electron chi connectivity index (χ1n) is 7.91. The molecule has 5 nitrogen and oxygen atoms in total. The van der Waals surface area contributed by atoms with Crippen LogP contribution in [0.15, 0.2) is 53.4 Å². The molecule has 0 bridgehead atoms. The number of aromatic amines is 1. The third-order valence-corrected chi connectivity index (χ3v) is 4.99. The van der Waals surface area contributed by atoms with Gasteiger partial charge in [-0.2, -0.15) is 0 Å². The van der Waals surface area contributed by atoms with Gasteiger partial charge in [-0.15, -0.1) is 11.8 Å². The molecule has 2 amide bonds. The van der Waals surface area contributed by atoms with E-state index in [9.17, 15) is 9.59 Å². The van der Waals surface area contributed by atoms with Crippen molar-refractivity contribution in [2.75, 3.05) is 11.1 Å². The highest BCUT2D eigenvalue weighted by Crippen LogP contribution is 2.27. The van der Waals surface area contributed by atoms with E-state index in [0.29, 0.717) is 5.69 Å². The van der Waals surface area contributed by atoms with Crippen LogP contribution < -0.4 is 11.1 Å². The van der Waals surface area contributed by atoms with Gasteiger partial charge in [0.1, 0.15) is 0 Å². The minimum absolute atomic E-state index is 0.0972. The maximum absolute atomic E-state index is 12.5. The van der Waals surface area contributed by atoms with Crippen LogP contribution in [-0.2, 0) is 16.0 Å². The van der Waals surface area contributed by atoms with Gasteiger partial charge in [-0.05, 0) is 30.7 Å². The molecule has 0 aliphatic heterocycles. The summed E-state index contributed by atoms with van der Waals surface area (Å²) in [6.07, 6.45) is 0.282. The van der Waals surface area contributed by atoms with E-state index in [-0.39, 0.29) is 24.0 Å². The molecule has 0 atom stereocenters. The fourth-order valence-corrected chi connectivity index (χ4v) is 3.51. The van der Waals surface area contributed by atoms with Gasteiger partial charge in [-0.3, -0.25) is 9.59 Å².